The first-order valence-corrected chi connectivity index (χ1v) is 11.3. The third-order valence-corrected chi connectivity index (χ3v) is 5.81. The molecule has 0 atom stereocenters. The minimum absolute atomic E-state index is 0.271. The molecule has 0 radical (unpaired) electrons. The van der Waals surface area contributed by atoms with Gasteiger partial charge in [0.25, 0.3) is 0 Å². The lowest BCUT2D eigenvalue weighted by Gasteiger charge is -2.38. The minimum Gasteiger partial charge on any atom is -0.364 e. The van der Waals surface area contributed by atoms with Crippen molar-refractivity contribution in [3.8, 4) is 11.3 Å². The van der Waals surface area contributed by atoms with Crippen molar-refractivity contribution < 1.29 is 4.39 Å². The summed E-state index contributed by atoms with van der Waals surface area (Å²) in [5.41, 5.74) is 9.68. The van der Waals surface area contributed by atoms with Crippen molar-refractivity contribution in [1.29, 1.82) is 0 Å². The van der Waals surface area contributed by atoms with Crippen molar-refractivity contribution in [1.82, 2.24) is 14.5 Å². The Morgan fingerprint density at radius 3 is 2.62 bits per heavy atom. The molecule has 0 unspecified atom stereocenters. The highest BCUT2D eigenvalue weighted by Crippen LogP contribution is 2.35. The van der Waals surface area contributed by atoms with Crippen molar-refractivity contribution in [2.45, 2.75) is 45.8 Å². The summed E-state index contributed by atoms with van der Waals surface area (Å²) in [6, 6.07) is 14.0. The zero-order valence-corrected chi connectivity index (χ0v) is 19.5. The smallest absolute Gasteiger partial charge is 0.138 e. The van der Waals surface area contributed by atoms with Crippen LogP contribution in [0.15, 0.2) is 60.3 Å². The normalized spacial score (nSPS) is 14.4. The average molecular weight is 454 g/mol. The Labute approximate surface area is 193 Å². The number of fused-ring (bicyclic) bond motifs is 1. The third kappa shape index (κ3) is 4.66. The number of nitrogens with one attached hydrogen (secondary N) is 1. The van der Waals surface area contributed by atoms with Crippen LogP contribution in [0.25, 0.3) is 11.3 Å². The Kier molecular flexibility index (Phi) is 6.26. The maximum absolute atomic E-state index is 13.6. The van der Waals surface area contributed by atoms with Gasteiger partial charge >= 0.3 is 0 Å². The number of anilines is 2. The monoisotopic (exact) mass is 453 g/mol. The van der Waals surface area contributed by atoms with E-state index in [0.717, 1.165) is 53.8 Å². The molecule has 1 aliphatic heterocycles. The highest BCUT2D eigenvalue weighted by molar-refractivity contribution is 6.30. The number of rotatable bonds is 6. The second kappa shape index (κ2) is 8.96. The number of allylic oxidation sites excluding steroid dienone is 1. The highest BCUT2D eigenvalue weighted by atomic mass is 35.5. The van der Waals surface area contributed by atoms with E-state index in [2.05, 4.69) is 27.8 Å². The molecule has 1 aliphatic rings. The van der Waals surface area contributed by atoms with Crippen LogP contribution in [0.4, 0.5) is 15.9 Å². The molecule has 0 aliphatic carbocycles. The van der Waals surface area contributed by atoms with Crippen LogP contribution < -0.4 is 11.1 Å². The van der Waals surface area contributed by atoms with Crippen LogP contribution in [0.1, 0.15) is 33.0 Å². The van der Waals surface area contributed by atoms with Crippen molar-refractivity contribution >= 4 is 23.1 Å². The molecule has 7 heteroatoms. The molecular formula is C25H29ClFN5. The lowest BCUT2D eigenvalue weighted by Crippen LogP contribution is -2.45. The molecule has 5 nitrogen and oxygen atoms in total. The van der Waals surface area contributed by atoms with Crippen LogP contribution in [0.2, 0.25) is 5.02 Å². The predicted octanol–water partition coefficient (Wildman–Crippen LogP) is 5.93. The molecule has 4 rings (SSSR count). The SMILES string of the molecule is CC/C=C(/N1CCn2c(nc(-c3ccc(F)cc3)c2Nc2cccc(Cl)c2)C1)C(C)(C)N. The molecule has 0 saturated carbocycles. The summed E-state index contributed by atoms with van der Waals surface area (Å²) in [6.45, 7) is 8.41. The van der Waals surface area contributed by atoms with Crippen molar-refractivity contribution in [2.24, 2.45) is 5.73 Å². The van der Waals surface area contributed by atoms with Crippen molar-refractivity contribution in [2.75, 3.05) is 11.9 Å². The first-order chi connectivity index (χ1) is 15.3. The number of hydrogen-bond acceptors (Lipinski definition) is 4. The number of nitrogens with zero attached hydrogens (tertiary/aromatic N) is 3. The summed E-state index contributed by atoms with van der Waals surface area (Å²) in [7, 11) is 0. The fraction of sp³-hybridized carbons (Fsp3) is 0.320. The van der Waals surface area contributed by atoms with Gasteiger partial charge in [0.1, 0.15) is 23.2 Å². The van der Waals surface area contributed by atoms with E-state index in [-0.39, 0.29) is 5.82 Å². The molecule has 2 heterocycles. The first kappa shape index (κ1) is 22.4. The summed E-state index contributed by atoms with van der Waals surface area (Å²) in [5.74, 6) is 1.54. The number of benzene rings is 2. The number of aromatic nitrogens is 2. The van der Waals surface area contributed by atoms with Gasteiger partial charge in [0.15, 0.2) is 0 Å². The maximum Gasteiger partial charge on any atom is 0.138 e. The van der Waals surface area contributed by atoms with Crippen LogP contribution in [-0.4, -0.2) is 26.5 Å². The Morgan fingerprint density at radius 2 is 1.97 bits per heavy atom. The minimum atomic E-state index is -0.438. The number of imidazole rings is 1. The molecule has 3 N–H and O–H groups in total. The second-order valence-corrected chi connectivity index (χ2v) is 9.10. The molecule has 0 bridgehead atoms. The molecule has 0 saturated heterocycles. The molecule has 0 spiro atoms. The summed E-state index contributed by atoms with van der Waals surface area (Å²) in [6.07, 6.45) is 3.12. The van der Waals surface area contributed by atoms with E-state index in [1.165, 1.54) is 12.1 Å². The summed E-state index contributed by atoms with van der Waals surface area (Å²) >= 11 is 6.20. The van der Waals surface area contributed by atoms with E-state index in [4.69, 9.17) is 22.3 Å². The molecule has 0 fully saturated rings. The summed E-state index contributed by atoms with van der Waals surface area (Å²) < 4.78 is 15.8. The fourth-order valence-electron chi connectivity index (χ4n) is 4.17. The molecular weight excluding hydrogens is 425 g/mol. The van der Waals surface area contributed by atoms with Crippen molar-refractivity contribution in [3.05, 3.63) is 77.0 Å². The predicted molar refractivity (Wildman–Crippen MR) is 129 cm³/mol. The molecule has 32 heavy (non-hydrogen) atoms. The fourth-order valence-corrected chi connectivity index (χ4v) is 4.36. The van der Waals surface area contributed by atoms with E-state index < -0.39 is 5.54 Å². The zero-order chi connectivity index (χ0) is 22.9. The maximum atomic E-state index is 13.6. The Balaban J connectivity index is 1.76. The largest absolute Gasteiger partial charge is 0.364 e. The first-order valence-electron chi connectivity index (χ1n) is 10.9. The topological polar surface area (TPSA) is 59.1 Å². The molecule has 3 aromatic rings. The van der Waals surface area contributed by atoms with E-state index in [1.54, 1.807) is 12.1 Å². The zero-order valence-electron chi connectivity index (χ0n) is 18.7. The third-order valence-electron chi connectivity index (χ3n) is 5.58. The van der Waals surface area contributed by atoms with E-state index >= 15 is 0 Å². The lowest BCUT2D eigenvalue weighted by atomic mass is 9.99. The van der Waals surface area contributed by atoms with E-state index in [9.17, 15) is 4.39 Å². The Morgan fingerprint density at radius 1 is 1.22 bits per heavy atom. The van der Waals surface area contributed by atoms with Crippen LogP contribution in [0.5, 0.6) is 0 Å². The molecule has 1 aromatic heterocycles. The van der Waals surface area contributed by atoms with Gasteiger partial charge in [0.05, 0.1) is 6.54 Å². The van der Waals surface area contributed by atoms with Gasteiger partial charge in [0.2, 0.25) is 0 Å². The van der Waals surface area contributed by atoms with E-state index in [1.807, 2.05) is 38.1 Å². The standard InChI is InChI=1S/C25H29ClFN5/c1-4-6-21(25(2,3)28)31-13-14-32-22(16-31)30-23(17-9-11-19(27)12-10-17)24(32)29-20-8-5-7-18(26)15-20/h5-12,15,29H,4,13-14,16,28H2,1-3H3/b21-6+. The Hall–Kier alpha value is -2.83. The number of nitrogens with two attached hydrogens (primary N) is 1. The lowest BCUT2D eigenvalue weighted by molar-refractivity contribution is 0.240. The van der Waals surface area contributed by atoms with Gasteiger partial charge in [-0.3, -0.25) is 0 Å². The van der Waals surface area contributed by atoms with E-state index in [0.29, 0.717) is 11.6 Å². The van der Waals surface area contributed by atoms with Crippen LogP contribution in [0, 0.1) is 5.82 Å². The van der Waals surface area contributed by atoms with Crippen LogP contribution in [0.3, 0.4) is 0 Å². The molecule has 0 amide bonds. The van der Waals surface area contributed by atoms with Gasteiger partial charge in [-0.15, -0.1) is 0 Å². The van der Waals surface area contributed by atoms with Gasteiger partial charge in [-0.25, -0.2) is 9.37 Å². The van der Waals surface area contributed by atoms with Gasteiger partial charge < -0.3 is 20.5 Å². The van der Waals surface area contributed by atoms with Crippen molar-refractivity contribution in [3.63, 3.8) is 0 Å². The summed E-state index contributed by atoms with van der Waals surface area (Å²) in [4.78, 5) is 7.29. The molecule has 2 aromatic carbocycles. The number of halogens is 2. The van der Waals surface area contributed by atoms with Crippen LogP contribution >= 0.6 is 11.6 Å². The quantitative estimate of drug-likeness (QED) is 0.485. The Bertz CT molecular complexity index is 1130. The summed E-state index contributed by atoms with van der Waals surface area (Å²) in [5, 5.41) is 4.15. The highest BCUT2D eigenvalue weighted by Gasteiger charge is 2.29. The van der Waals surface area contributed by atoms with Gasteiger partial charge in [-0.1, -0.05) is 30.7 Å². The second-order valence-electron chi connectivity index (χ2n) is 8.66. The molecule has 168 valence electrons. The van der Waals surface area contributed by atoms with Crippen LogP contribution in [-0.2, 0) is 13.1 Å². The average Bonchev–Trinajstić information content (AvgIpc) is 3.09. The van der Waals surface area contributed by atoms with Gasteiger partial charge in [0, 0.05) is 40.6 Å². The van der Waals surface area contributed by atoms with Gasteiger partial charge in [-0.2, -0.15) is 0 Å². The number of hydrogen-bond donors (Lipinski definition) is 2. The van der Waals surface area contributed by atoms with Gasteiger partial charge in [-0.05, 0) is 62.7 Å².